The molecule has 0 radical (unpaired) electrons. The van der Waals surface area contributed by atoms with Crippen molar-refractivity contribution in [2.24, 2.45) is 16.7 Å². The van der Waals surface area contributed by atoms with Crippen molar-refractivity contribution in [1.29, 1.82) is 0 Å². The molecule has 1 aromatic heterocycles. The third-order valence-corrected chi connectivity index (χ3v) is 7.06. The van der Waals surface area contributed by atoms with Gasteiger partial charge in [-0.05, 0) is 55.3 Å². The van der Waals surface area contributed by atoms with Gasteiger partial charge < -0.3 is 5.11 Å². The van der Waals surface area contributed by atoms with Gasteiger partial charge in [0.2, 0.25) is 0 Å². The molecule has 1 aromatic rings. The van der Waals surface area contributed by atoms with Crippen LogP contribution in [-0.4, -0.2) is 25.6 Å². The molecule has 5 atom stereocenters. The van der Waals surface area contributed by atoms with Crippen molar-refractivity contribution >= 4 is 0 Å². The van der Waals surface area contributed by atoms with Crippen LogP contribution in [0.4, 0.5) is 0 Å². The van der Waals surface area contributed by atoms with E-state index in [4.69, 9.17) is 0 Å². The van der Waals surface area contributed by atoms with Gasteiger partial charge in [-0.3, -0.25) is 0 Å². The van der Waals surface area contributed by atoms with Crippen LogP contribution in [0.5, 0.6) is 0 Å². The van der Waals surface area contributed by atoms with E-state index < -0.39 is 0 Å². The number of aliphatic hydroxyl groups is 1. The van der Waals surface area contributed by atoms with E-state index in [1.807, 2.05) is 0 Å². The maximum atomic E-state index is 10.7. The lowest BCUT2D eigenvalue weighted by molar-refractivity contribution is 0.00540. The Morgan fingerprint density at radius 2 is 1.33 bits per heavy atom. The van der Waals surface area contributed by atoms with Gasteiger partial charge >= 0.3 is 0 Å². The molecule has 1 N–H and O–H groups in total. The standard InChI is InChI=1S/C20H37N3O/c1-19(2,3)13-20(4,5)14-10-11-18(24)17(12-14)23-21-15-8-6-7-9-16(15)22(21)23/h14-18,24H,6-13H2,1-5H3. The topological polar surface area (TPSA) is 35.0 Å². The molecule has 2 heterocycles. The highest BCUT2D eigenvalue weighted by atomic mass is 16.3. The summed E-state index contributed by atoms with van der Waals surface area (Å²) in [5.41, 5.74) is 0.721. The Hall–Kier alpha value is -0.640. The smallest absolute Gasteiger partial charge is 0.0969 e. The number of rotatable bonds is 3. The van der Waals surface area contributed by atoms with Crippen LogP contribution in [0.2, 0.25) is 0 Å². The van der Waals surface area contributed by atoms with E-state index in [2.05, 4.69) is 49.0 Å². The van der Waals surface area contributed by atoms with Crippen molar-refractivity contribution in [3.63, 3.8) is 0 Å². The van der Waals surface area contributed by atoms with Crippen LogP contribution < -0.4 is 0 Å². The summed E-state index contributed by atoms with van der Waals surface area (Å²) in [6, 6.07) is 1.80. The van der Waals surface area contributed by atoms with Crippen LogP contribution in [0.3, 0.4) is 0 Å². The molecule has 4 rings (SSSR count). The molecular weight excluding hydrogens is 298 g/mol. The lowest BCUT2D eigenvalue weighted by Crippen LogP contribution is -2.38. The summed E-state index contributed by atoms with van der Waals surface area (Å²) in [6.07, 6.45) is 9.86. The van der Waals surface area contributed by atoms with Crippen LogP contribution in [0.1, 0.15) is 104 Å². The number of aliphatic hydroxyl groups excluding tert-OH is 1. The van der Waals surface area contributed by atoms with E-state index in [0.717, 1.165) is 30.8 Å². The van der Waals surface area contributed by atoms with Crippen LogP contribution in [-0.2, 0) is 0 Å². The molecule has 0 amide bonds. The molecule has 2 fully saturated rings. The van der Waals surface area contributed by atoms with Crippen molar-refractivity contribution in [2.75, 3.05) is 0 Å². The normalized spacial score (nSPS) is 37.0. The third kappa shape index (κ3) is 2.69. The Kier molecular flexibility index (Phi) is 3.80. The molecule has 4 nitrogen and oxygen atoms in total. The average Bonchev–Trinajstić information content (AvgIpc) is 3.11. The van der Waals surface area contributed by atoms with E-state index in [1.54, 1.807) is 0 Å². The number of hydrogen-bond donors (Lipinski definition) is 1. The highest BCUT2D eigenvalue weighted by Crippen LogP contribution is 2.53. The minimum Gasteiger partial charge on any atom is -0.391 e. The molecule has 2 saturated carbocycles. The summed E-state index contributed by atoms with van der Waals surface area (Å²) >= 11 is 0. The van der Waals surface area contributed by atoms with Gasteiger partial charge in [0, 0.05) is 0 Å². The van der Waals surface area contributed by atoms with Gasteiger partial charge in [0.15, 0.2) is 0 Å². The highest BCUT2D eigenvalue weighted by molar-refractivity contribution is 4.99. The molecule has 24 heavy (non-hydrogen) atoms. The van der Waals surface area contributed by atoms with E-state index in [9.17, 15) is 5.11 Å². The van der Waals surface area contributed by atoms with Crippen LogP contribution in [0, 0.1) is 16.7 Å². The van der Waals surface area contributed by atoms with Crippen molar-refractivity contribution in [1.82, 2.24) is 14.4 Å². The minimum atomic E-state index is -0.153. The van der Waals surface area contributed by atoms with Gasteiger partial charge in [0.1, 0.15) is 0 Å². The Labute approximate surface area is 147 Å². The van der Waals surface area contributed by atoms with E-state index in [1.165, 1.54) is 38.5 Å². The van der Waals surface area contributed by atoms with Gasteiger partial charge in [-0.2, -0.15) is 14.4 Å². The Morgan fingerprint density at radius 1 is 0.792 bits per heavy atom. The highest BCUT2D eigenvalue weighted by Gasteiger charge is 2.52. The molecule has 5 unspecified atom stereocenters. The van der Waals surface area contributed by atoms with Crippen molar-refractivity contribution < 1.29 is 5.11 Å². The maximum absolute atomic E-state index is 10.7. The van der Waals surface area contributed by atoms with Crippen molar-refractivity contribution in [3.05, 3.63) is 0 Å². The molecule has 3 aliphatic rings. The second kappa shape index (κ2) is 5.43. The predicted molar refractivity (Wildman–Crippen MR) is 97.2 cm³/mol. The summed E-state index contributed by atoms with van der Waals surface area (Å²) in [7, 11) is 0. The monoisotopic (exact) mass is 335 g/mol. The molecule has 0 spiro atoms. The lowest BCUT2D eigenvalue weighted by atomic mass is 9.63. The minimum absolute atomic E-state index is 0.153. The van der Waals surface area contributed by atoms with Gasteiger partial charge in [-0.1, -0.05) is 47.5 Å². The first-order valence-electron chi connectivity index (χ1n) is 10.2. The zero-order valence-electron chi connectivity index (χ0n) is 16.3. The van der Waals surface area contributed by atoms with E-state index in [0.29, 0.717) is 16.9 Å². The summed E-state index contributed by atoms with van der Waals surface area (Å²) in [5, 5.41) is 10.7. The maximum Gasteiger partial charge on any atom is 0.0969 e. The number of aromatic nitrogens is 3. The number of nitrogens with zero attached hydrogens (tertiary/aromatic N) is 3. The molecule has 2 aliphatic carbocycles. The van der Waals surface area contributed by atoms with Gasteiger partial charge in [0.05, 0.1) is 24.2 Å². The van der Waals surface area contributed by atoms with Crippen LogP contribution >= 0.6 is 0 Å². The second-order valence-electron chi connectivity index (χ2n) is 10.8. The zero-order valence-corrected chi connectivity index (χ0v) is 16.3. The first-order chi connectivity index (χ1) is 11.2. The van der Waals surface area contributed by atoms with Crippen LogP contribution in [0.25, 0.3) is 0 Å². The zero-order chi connectivity index (χ0) is 17.3. The molecule has 1 aliphatic heterocycles. The first kappa shape index (κ1) is 16.8. The number of fused-ring (bicyclic) bond motifs is 4. The molecule has 0 saturated heterocycles. The third-order valence-electron chi connectivity index (χ3n) is 7.06. The number of hydrogen-bond acceptors (Lipinski definition) is 1. The van der Waals surface area contributed by atoms with Crippen molar-refractivity contribution in [3.8, 4) is 0 Å². The summed E-state index contributed by atoms with van der Waals surface area (Å²) < 4.78 is 0. The Bertz CT molecular complexity index is 561. The predicted octanol–water partition coefficient (Wildman–Crippen LogP) is 4.93. The molecule has 0 aromatic carbocycles. The molecule has 0 bridgehead atoms. The van der Waals surface area contributed by atoms with E-state index in [-0.39, 0.29) is 6.10 Å². The Morgan fingerprint density at radius 3 is 1.88 bits per heavy atom. The first-order valence-corrected chi connectivity index (χ1v) is 10.2. The summed E-state index contributed by atoms with van der Waals surface area (Å²) in [5.74, 6) is 0.717. The van der Waals surface area contributed by atoms with Gasteiger partial charge in [0.25, 0.3) is 0 Å². The second-order valence-corrected chi connectivity index (χ2v) is 10.8. The fraction of sp³-hybridized carbons (Fsp3) is 1.00. The quantitative estimate of drug-likeness (QED) is 0.835. The Balaban J connectivity index is 1.49. The van der Waals surface area contributed by atoms with E-state index >= 15 is 0 Å². The van der Waals surface area contributed by atoms with Crippen molar-refractivity contribution in [2.45, 2.75) is 110 Å². The molecular formula is C20H37N3O. The molecule has 138 valence electrons. The largest absolute Gasteiger partial charge is 0.391 e. The fourth-order valence-corrected chi connectivity index (χ4v) is 6.23. The summed E-state index contributed by atoms with van der Waals surface area (Å²) in [6.45, 7) is 12.0. The SMILES string of the molecule is CC(C)(C)CC(C)(C)C1CCC(O)C(n2n3n2C2CCCCC23)C1. The molecule has 4 heteroatoms. The lowest BCUT2D eigenvalue weighted by Gasteiger charge is -2.43. The fourth-order valence-electron chi connectivity index (χ4n) is 6.23. The van der Waals surface area contributed by atoms with Gasteiger partial charge in [-0.25, -0.2) is 0 Å². The van der Waals surface area contributed by atoms with Crippen LogP contribution in [0.15, 0.2) is 0 Å². The summed E-state index contributed by atoms with van der Waals surface area (Å²) in [4.78, 5) is 7.39. The van der Waals surface area contributed by atoms with Gasteiger partial charge in [-0.15, -0.1) is 0 Å². The average molecular weight is 336 g/mol.